The normalized spacial score (nSPS) is 20.3. The average Bonchev–Trinajstić information content (AvgIpc) is 2.29. The first kappa shape index (κ1) is 12.1. The standard InChI is InChI=1S/C12H13BF3O/c14-13(15,16)10-5-4-8-12(9-10)17-11-6-2-1-3-7-11/h2,4-6,8-9,11H,1,3,7H2/q-1. The van der Waals surface area contributed by atoms with Gasteiger partial charge in [0, 0.05) is 0 Å². The van der Waals surface area contributed by atoms with Crippen molar-refractivity contribution in [2.45, 2.75) is 25.4 Å². The van der Waals surface area contributed by atoms with E-state index in [1.54, 1.807) is 6.07 Å². The Hall–Kier alpha value is -1.39. The molecule has 1 aromatic carbocycles. The molecule has 0 saturated heterocycles. The fraction of sp³-hybridized carbons (Fsp3) is 0.333. The SMILES string of the molecule is F[B-](F)(F)c1cccc(OC2C=CCCC2)c1. The van der Waals surface area contributed by atoms with E-state index in [-0.39, 0.29) is 6.10 Å². The van der Waals surface area contributed by atoms with E-state index in [1.165, 1.54) is 6.07 Å². The van der Waals surface area contributed by atoms with Gasteiger partial charge in [0.25, 0.3) is 0 Å². The summed E-state index contributed by atoms with van der Waals surface area (Å²) in [5.41, 5.74) is -0.609. The molecule has 2 rings (SSSR count). The van der Waals surface area contributed by atoms with E-state index < -0.39 is 12.4 Å². The first-order valence-corrected chi connectivity index (χ1v) is 5.69. The topological polar surface area (TPSA) is 9.23 Å². The Balaban J connectivity index is 2.11. The van der Waals surface area contributed by atoms with Crippen LogP contribution < -0.4 is 10.2 Å². The van der Waals surface area contributed by atoms with E-state index in [2.05, 4.69) is 0 Å². The molecule has 0 radical (unpaired) electrons. The van der Waals surface area contributed by atoms with Gasteiger partial charge in [0.2, 0.25) is 0 Å². The van der Waals surface area contributed by atoms with Gasteiger partial charge in [-0.25, -0.2) is 0 Å². The molecule has 0 fully saturated rings. The number of ether oxygens (including phenoxy) is 1. The van der Waals surface area contributed by atoms with Crippen molar-refractivity contribution in [1.29, 1.82) is 0 Å². The van der Waals surface area contributed by atoms with E-state index >= 15 is 0 Å². The molecule has 1 aromatic rings. The fourth-order valence-corrected chi connectivity index (χ4v) is 1.85. The van der Waals surface area contributed by atoms with Crippen LogP contribution in [-0.4, -0.2) is 13.1 Å². The van der Waals surface area contributed by atoms with Gasteiger partial charge >= 0.3 is 6.98 Å². The predicted molar refractivity (Wildman–Crippen MR) is 62.6 cm³/mol. The molecule has 17 heavy (non-hydrogen) atoms. The second-order valence-electron chi connectivity index (χ2n) is 4.16. The van der Waals surface area contributed by atoms with E-state index in [9.17, 15) is 12.9 Å². The van der Waals surface area contributed by atoms with Crippen molar-refractivity contribution < 1.29 is 17.7 Å². The Kier molecular flexibility index (Phi) is 3.45. The zero-order chi connectivity index (χ0) is 12.3. The molecule has 1 aliphatic carbocycles. The third-order valence-electron chi connectivity index (χ3n) is 2.73. The number of allylic oxidation sites excluding steroid dienone is 1. The molecule has 5 heteroatoms. The van der Waals surface area contributed by atoms with Crippen molar-refractivity contribution >= 4 is 12.4 Å². The van der Waals surface area contributed by atoms with E-state index in [1.807, 2.05) is 12.2 Å². The predicted octanol–water partition coefficient (Wildman–Crippen LogP) is 3.23. The molecule has 1 atom stereocenters. The maximum Gasteiger partial charge on any atom is 0.509 e. The molecule has 1 nitrogen and oxygen atoms in total. The zero-order valence-electron chi connectivity index (χ0n) is 9.28. The van der Waals surface area contributed by atoms with Crippen molar-refractivity contribution in [3.05, 3.63) is 36.4 Å². The molecule has 0 aliphatic heterocycles. The van der Waals surface area contributed by atoms with Crippen molar-refractivity contribution in [2.24, 2.45) is 0 Å². The highest BCUT2D eigenvalue weighted by molar-refractivity contribution is 6.73. The third kappa shape index (κ3) is 3.28. The summed E-state index contributed by atoms with van der Waals surface area (Å²) in [6.45, 7) is -4.95. The lowest BCUT2D eigenvalue weighted by atomic mass is 9.80. The van der Waals surface area contributed by atoms with Crippen molar-refractivity contribution in [1.82, 2.24) is 0 Å². The van der Waals surface area contributed by atoms with E-state index in [0.717, 1.165) is 31.4 Å². The Labute approximate surface area is 98.3 Å². The lowest BCUT2D eigenvalue weighted by Gasteiger charge is -2.20. The van der Waals surface area contributed by atoms with Crippen LogP contribution in [0.2, 0.25) is 0 Å². The molecule has 1 unspecified atom stereocenters. The van der Waals surface area contributed by atoms with Gasteiger partial charge in [-0.05, 0) is 37.5 Å². The number of hydrogen-bond acceptors (Lipinski definition) is 1. The zero-order valence-corrected chi connectivity index (χ0v) is 9.28. The first-order chi connectivity index (χ1) is 8.05. The van der Waals surface area contributed by atoms with Gasteiger partial charge in [-0.2, -0.15) is 0 Å². The molecular weight excluding hydrogens is 228 g/mol. The van der Waals surface area contributed by atoms with Gasteiger partial charge < -0.3 is 17.7 Å². The van der Waals surface area contributed by atoms with Crippen molar-refractivity contribution in [2.75, 3.05) is 0 Å². The molecule has 0 saturated carbocycles. The maximum atomic E-state index is 12.5. The summed E-state index contributed by atoms with van der Waals surface area (Å²) >= 11 is 0. The van der Waals surface area contributed by atoms with E-state index in [4.69, 9.17) is 4.74 Å². The van der Waals surface area contributed by atoms with Crippen LogP contribution >= 0.6 is 0 Å². The van der Waals surface area contributed by atoms with Crippen LogP contribution in [0.5, 0.6) is 5.75 Å². The van der Waals surface area contributed by atoms with Crippen LogP contribution in [0.4, 0.5) is 12.9 Å². The number of rotatable bonds is 3. The Morgan fingerprint density at radius 1 is 1.24 bits per heavy atom. The molecule has 0 bridgehead atoms. The molecule has 0 aromatic heterocycles. The minimum atomic E-state index is -4.95. The highest BCUT2D eigenvalue weighted by Crippen LogP contribution is 2.19. The Bertz CT molecular complexity index is 414. The summed E-state index contributed by atoms with van der Waals surface area (Å²) in [4.78, 5) is 0. The minimum absolute atomic E-state index is 0.0975. The molecule has 0 spiro atoms. The molecular formula is C12H13BF3O-. The van der Waals surface area contributed by atoms with Crippen LogP contribution in [0.25, 0.3) is 0 Å². The molecule has 92 valence electrons. The summed E-state index contributed by atoms with van der Waals surface area (Å²) < 4.78 is 43.1. The molecule has 0 N–H and O–H groups in total. The first-order valence-electron chi connectivity index (χ1n) is 5.69. The quantitative estimate of drug-likeness (QED) is 0.583. The summed E-state index contributed by atoms with van der Waals surface area (Å²) in [6.07, 6.45) is 6.72. The smallest absolute Gasteiger partial charge is 0.486 e. The maximum absolute atomic E-state index is 12.5. The number of hydrogen-bond donors (Lipinski definition) is 0. The van der Waals surface area contributed by atoms with Gasteiger partial charge in [0.1, 0.15) is 11.9 Å². The van der Waals surface area contributed by atoms with Crippen LogP contribution in [0.3, 0.4) is 0 Å². The van der Waals surface area contributed by atoms with Crippen LogP contribution in [0.1, 0.15) is 19.3 Å². The monoisotopic (exact) mass is 241 g/mol. The molecule has 0 heterocycles. The number of halogens is 3. The lowest BCUT2D eigenvalue weighted by Crippen LogP contribution is -2.34. The van der Waals surface area contributed by atoms with Crippen LogP contribution in [0, 0.1) is 0 Å². The second kappa shape index (κ2) is 4.86. The van der Waals surface area contributed by atoms with Gasteiger partial charge in [-0.15, -0.1) is 5.46 Å². The minimum Gasteiger partial charge on any atom is -0.486 e. The lowest BCUT2D eigenvalue weighted by molar-refractivity contribution is 0.230. The fourth-order valence-electron chi connectivity index (χ4n) is 1.85. The summed E-state index contributed by atoms with van der Waals surface area (Å²) in [7, 11) is 0. The third-order valence-corrected chi connectivity index (χ3v) is 2.73. The molecule has 0 amide bonds. The summed E-state index contributed by atoms with van der Waals surface area (Å²) in [5.74, 6) is 0.290. The van der Waals surface area contributed by atoms with Crippen molar-refractivity contribution in [3.8, 4) is 5.75 Å². The highest BCUT2D eigenvalue weighted by Gasteiger charge is 2.25. The largest absolute Gasteiger partial charge is 0.509 e. The van der Waals surface area contributed by atoms with Gasteiger partial charge in [0.05, 0.1) is 0 Å². The molecule has 1 aliphatic rings. The number of benzene rings is 1. The van der Waals surface area contributed by atoms with E-state index in [0.29, 0.717) is 5.75 Å². The van der Waals surface area contributed by atoms with Gasteiger partial charge in [0.15, 0.2) is 0 Å². The summed E-state index contributed by atoms with van der Waals surface area (Å²) in [5, 5.41) is 0. The van der Waals surface area contributed by atoms with Crippen LogP contribution in [-0.2, 0) is 0 Å². The highest BCUT2D eigenvalue weighted by atomic mass is 19.4. The van der Waals surface area contributed by atoms with Crippen LogP contribution in [0.15, 0.2) is 36.4 Å². The Morgan fingerprint density at radius 2 is 2.06 bits per heavy atom. The Morgan fingerprint density at radius 3 is 2.71 bits per heavy atom. The van der Waals surface area contributed by atoms with Crippen molar-refractivity contribution in [3.63, 3.8) is 0 Å². The van der Waals surface area contributed by atoms with Gasteiger partial charge in [-0.3, -0.25) is 0 Å². The summed E-state index contributed by atoms with van der Waals surface area (Å²) in [6, 6.07) is 5.09. The average molecular weight is 241 g/mol. The second-order valence-corrected chi connectivity index (χ2v) is 4.16. The van der Waals surface area contributed by atoms with Gasteiger partial charge in [-0.1, -0.05) is 18.2 Å².